The molecule has 1 amide bonds. The van der Waals surface area contributed by atoms with Crippen molar-refractivity contribution in [2.75, 3.05) is 32.6 Å². The summed E-state index contributed by atoms with van der Waals surface area (Å²) in [6.45, 7) is 4.49. The number of imidazole rings is 1. The molecule has 0 saturated carbocycles. The van der Waals surface area contributed by atoms with Crippen molar-refractivity contribution < 1.29 is 19.7 Å². The van der Waals surface area contributed by atoms with Crippen LogP contribution in [0.2, 0.25) is 0 Å². The van der Waals surface area contributed by atoms with Crippen LogP contribution in [0.25, 0.3) is 28.2 Å². The highest BCUT2D eigenvalue weighted by Crippen LogP contribution is 2.34. The molecule has 0 spiro atoms. The number of amides is 1. The molecule has 3 N–H and O–H groups in total. The van der Waals surface area contributed by atoms with Crippen LogP contribution in [0.1, 0.15) is 46.8 Å². The number of hydrogen-bond acceptors (Lipinski definition) is 8. The number of carbonyl (C=O) groups excluding carboxylic acids is 1. The molecule has 11 heteroatoms. The Kier molecular flexibility index (Phi) is 8.74. The standard InChI is InChI=1S/C32H37N7O4/c1-20-29(23-10-11-27(43-5)25(17-23)32(42)38(4)13-7-15-40)31-35-26(21(2)41)18-28(39(31)36-20)34-19-22-8-6-9-24(16-22)30-33-12-14-37(30)3/h6,8-12,14,16-18,21,34,40-41H,7,13,15,19H2,1-5H3. The lowest BCUT2D eigenvalue weighted by molar-refractivity contribution is 0.0783. The highest BCUT2D eigenvalue weighted by Gasteiger charge is 2.22. The number of aryl methyl sites for hydroxylation is 2. The van der Waals surface area contributed by atoms with Gasteiger partial charge in [0.05, 0.1) is 30.2 Å². The third-order valence-corrected chi connectivity index (χ3v) is 7.41. The Balaban J connectivity index is 1.53. The van der Waals surface area contributed by atoms with E-state index in [-0.39, 0.29) is 12.5 Å². The zero-order valence-electron chi connectivity index (χ0n) is 25.1. The number of methoxy groups -OCH3 is 1. The maximum Gasteiger partial charge on any atom is 0.257 e. The Bertz CT molecular complexity index is 1760. The van der Waals surface area contributed by atoms with E-state index >= 15 is 0 Å². The Morgan fingerprint density at radius 1 is 1.16 bits per heavy atom. The van der Waals surface area contributed by atoms with Gasteiger partial charge in [-0.15, -0.1) is 0 Å². The van der Waals surface area contributed by atoms with Gasteiger partial charge in [0, 0.05) is 63.4 Å². The molecule has 2 aromatic carbocycles. The maximum absolute atomic E-state index is 13.3. The average Bonchev–Trinajstić information content (AvgIpc) is 3.59. The Hall–Kier alpha value is -4.74. The number of aromatic nitrogens is 5. The lowest BCUT2D eigenvalue weighted by atomic mass is 10.0. The van der Waals surface area contributed by atoms with Crippen molar-refractivity contribution in [2.45, 2.75) is 32.9 Å². The number of hydrogen-bond donors (Lipinski definition) is 3. The van der Waals surface area contributed by atoms with Gasteiger partial charge in [0.2, 0.25) is 0 Å². The van der Waals surface area contributed by atoms with Gasteiger partial charge >= 0.3 is 0 Å². The second-order valence-electron chi connectivity index (χ2n) is 10.6. The number of rotatable bonds is 11. The summed E-state index contributed by atoms with van der Waals surface area (Å²) in [5.74, 6) is 1.79. The third kappa shape index (κ3) is 6.08. The van der Waals surface area contributed by atoms with Crippen molar-refractivity contribution in [1.82, 2.24) is 29.0 Å². The Labute approximate surface area is 250 Å². The predicted molar refractivity (Wildman–Crippen MR) is 165 cm³/mol. The summed E-state index contributed by atoms with van der Waals surface area (Å²) in [5, 5.41) is 28.0. The molecule has 0 bridgehead atoms. The quantitative estimate of drug-likeness (QED) is 0.211. The maximum atomic E-state index is 13.3. The molecule has 0 aliphatic heterocycles. The van der Waals surface area contributed by atoms with Crippen LogP contribution in [-0.4, -0.2) is 72.5 Å². The second kappa shape index (κ2) is 12.6. The van der Waals surface area contributed by atoms with Crippen LogP contribution in [-0.2, 0) is 13.6 Å². The molecule has 3 aromatic heterocycles. The lowest BCUT2D eigenvalue weighted by Gasteiger charge is -2.19. The van der Waals surface area contributed by atoms with Gasteiger partial charge in [0.15, 0.2) is 5.65 Å². The van der Waals surface area contributed by atoms with E-state index in [1.54, 1.807) is 47.8 Å². The average molecular weight is 584 g/mol. The van der Waals surface area contributed by atoms with E-state index in [1.807, 2.05) is 49.0 Å². The molecular weight excluding hydrogens is 546 g/mol. The highest BCUT2D eigenvalue weighted by molar-refractivity contribution is 5.99. The zero-order chi connectivity index (χ0) is 30.7. The molecule has 0 aliphatic rings. The molecule has 5 rings (SSSR count). The molecule has 0 radical (unpaired) electrons. The Morgan fingerprint density at radius 3 is 2.67 bits per heavy atom. The number of fused-ring (bicyclic) bond motifs is 1. The fourth-order valence-corrected chi connectivity index (χ4v) is 5.12. The Morgan fingerprint density at radius 2 is 1.98 bits per heavy atom. The van der Waals surface area contributed by atoms with Gasteiger partial charge in [-0.05, 0) is 49.6 Å². The minimum absolute atomic E-state index is 0.000407. The second-order valence-corrected chi connectivity index (χ2v) is 10.6. The molecule has 3 heterocycles. The van der Waals surface area contributed by atoms with E-state index in [4.69, 9.17) is 14.8 Å². The third-order valence-electron chi connectivity index (χ3n) is 7.41. The van der Waals surface area contributed by atoms with Crippen LogP contribution in [0.3, 0.4) is 0 Å². The van der Waals surface area contributed by atoms with Crippen molar-refractivity contribution in [3.8, 4) is 28.3 Å². The number of carbonyl (C=O) groups is 1. The first kappa shape index (κ1) is 29.7. The fraction of sp³-hybridized carbons (Fsp3) is 0.312. The normalized spacial score (nSPS) is 12.0. The van der Waals surface area contributed by atoms with Crippen molar-refractivity contribution in [2.24, 2.45) is 7.05 Å². The van der Waals surface area contributed by atoms with Gasteiger partial charge in [0.25, 0.3) is 5.91 Å². The molecular formula is C32H37N7O4. The van der Waals surface area contributed by atoms with E-state index in [2.05, 4.69) is 16.4 Å². The lowest BCUT2D eigenvalue weighted by Crippen LogP contribution is -2.28. The molecule has 11 nitrogen and oxygen atoms in total. The van der Waals surface area contributed by atoms with E-state index in [9.17, 15) is 15.0 Å². The van der Waals surface area contributed by atoms with Crippen LogP contribution in [0, 0.1) is 6.92 Å². The number of aliphatic hydroxyl groups is 2. The summed E-state index contributed by atoms with van der Waals surface area (Å²) in [6, 6.07) is 15.4. The zero-order valence-corrected chi connectivity index (χ0v) is 25.1. The SMILES string of the molecule is COc1ccc(-c2c(C)nn3c(NCc4cccc(-c5nccn5C)c4)cc(C(C)O)nc23)cc1C(=O)N(C)CCCO. The summed E-state index contributed by atoms with van der Waals surface area (Å²) < 4.78 is 9.23. The number of ether oxygens (including phenoxy) is 1. The number of aliphatic hydroxyl groups excluding tert-OH is 2. The predicted octanol–water partition coefficient (Wildman–Crippen LogP) is 4.23. The van der Waals surface area contributed by atoms with Crippen molar-refractivity contribution in [1.29, 1.82) is 0 Å². The van der Waals surface area contributed by atoms with Gasteiger partial charge in [-0.3, -0.25) is 4.79 Å². The van der Waals surface area contributed by atoms with Crippen molar-refractivity contribution in [3.05, 3.63) is 83.4 Å². The van der Waals surface area contributed by atoms with Crippen LogP contribution in [0.4, 0.5) is 5.82 Å². The van der Waals surface area contributed by atoms with E-state index in [0.29, 0.717) is 53.7 Å². The molecule has 0 aliphatic carbocycles. The van der Waals surface area contributed by atoms with Crippen molar-refractivity contribution >= 4 is 17.4 Å². The summed E-state index contributed by atoms with van der Waals surface area (Å²) in [5.41, 5.74) is 5.72. The van der Waals surface area contributed by atoms with E-state index < -0.39 is 6.10 Å². The van der Waals surface area contributed by atoms with Crippen LogP contribution < -0.4 is 10.1 Å². The van der Waals surface area contributed by atoms with E-state index in [0.717, 1.165) is 28.1 Å². The van der Waals surface area contributed by atoms with Gasteiger partial charge in [0.1, 0.15) is 17.4 Å². The smallest absolute Gasteiger partial charge is 0.257 e. The monoisotopic (exact) mass is 583 g/mol. The molecule has 1 unspecified atom stereocenters. The summed E-state index contributed by atoms with van der Waals surface area (Å²) >= 11 is 0. The molecule has 5 aromatic rings. The van der Waals surface area contributed by atoms with Gasteiger partial charge < -0.3 is 29.7 Å². The summed E-state index contributed by atoms with van der Waals surface area (Å²) in [7, 11) is 5.19. The van der Waals surface area contributed by atoms with Gasteiger partial charge in [-0.1, -0.05) is 24.3 Å². The molecule has 0 saturated heterocycles. The topological polar surface area (TPSA) is 130 Å². The summed E-state index contributed by atoms with van der Waals surface area (Å²) in [4.78, 5) is 24.1. The fourth-order valence-electron chi connectivity index (χ4n) is 5.12. The number of benzene rings is 2. The van der Waals surface area contributed by atoms with Crippen LogP contribution in [0.15, 0.2) is 60.9 Å². The van der Waals surface area contributed by atoms with Crippen molar-refractivity contribution in [3.63, 3.8) is 0 Å². The minimum Gasteiger partial charge on any atom is -0.496 e. The van der Waals surface area contributed by atoms with Crippen LogP contribution in [0.5, 0.6) is 5.75 Å². The molecule has 224 valence electrons. The minimum atomic E-state index is -0.812. The van der Waals surface area contributed by atoms with E-state index in [1.165, 1.54) is 7.11 Å². The highest BCUT2D eigenvalue weighted by atomic mass is 16.5. The number of nitrogens with zero attached hydrogens (tertiary/aromatic N) is 6. The molecule has 43 heavy (non-hydrogen) atoms. The molecule has 1 atom stereocenters. The van der Waals surface area contributed by atoms with Crippen LogP contribution >= 0.6 is 0 Å². The summed E-state index contributed by atoms with van der Waals surface area (Å²) in [6.07, 6.45) is 3.36. The number of nitrogens with one attached hydrogen (secondary N) is 1. The first-order valence-corrected chi connectivity index (χ1v) is 14.2. The van der Waals surface area contributed by atoms with Gasteiger partial charge in [-0.25, -0.2) is 9.97 Å². The first-order chi connectivity index (χ1) is 20.7. The van der Waals surface area contributed by atoms with Gasteiger partial charge in [-0.2, -0.15) is 9.61 Å². The first-order valence-electron chi connectivity index (χ1n) is 14.2. The largest absolute Gasteiger partial charge is 0.496 e. The molecule has 0 fully saturated rings. The number of anilines is 1.